The van der Waals surface area contributed by atoms with E-state index in [0.29, 0.717) is 5.54 Å². The summed E-state index contributed by atoms with van der Waals surface area (Å²) in [6.07, 6.45) is 4.42. The van der Waals surface area contributed by atoms with Crippen molar-refractivity contribution >= 4 is 0 Å². The molecule has 0 unspecified atom stereocenters. The van der Waals surface area contributed by atoms with Gasteiger partial charge in [0.1, 0.15) is 0 Å². The van der Waals surface area contributed by atoms with Crippen molar-refractivity contribution in [3.8, 4) is 0 Å². The smallest absolute Gasteiger partial charge is 0.0485 e. The quantitative estimate of drug-likeness (QED) is 0.521. The van der Waals surface area contributed by atoms with Gasteiger partial charge in [-0.05, 0) is 31.7 Å². The summed E-state index contributed by atoms with van der Waals surface area (Å²) in [7, 11) is 0. The lowest BCUT2D eigenvalue weighted by Crippen LogP contribution is -2.54. The molecule has 3 heterocycles. The number of hydrogen-bond donors (Lipinski definition) is 1. The van der Waals surface area contributed by atoms with Crippen LogP contribution in [0.25, 0.3) is 0 Å². The van der Waals surface area contributed by atoms with Gasteiger partial charge in [-0.2, -0.15) is 0 Å². The molecule has 0 amide bonds. The third kappa shape index (κ3) is 0.487. The fourth-order valence-electron chi connectivity index (χ4n) is 3.04. The maximum absolute atomic E-state index is 3.43. The first-order chi connectivity index (χ1) is 4.89. The topological polar surface area (TPSA) is 15.3 Å². The molecule has 0 radical (unpaired) electrons. The van der Waals surface area contributed by atoms with Crippen molar-refractivity contribution in [3.63, 3.8) is 0 Å². The SMILES string of the molecule is C1CC23CC(CN2CN1)C3. The first-order valence-electron chi connectivity index (χ1n) is 4.35. The Bertz CT molecular complexity index is 158. The first-order valence-corrected chi connectivity index (χ1v) is 4.35. The molecule has 1 aliphatic carbocycles. The van der Waals surface area contributed by atoms with Crippen LogP contribution in [0.15, 0.2) is 0 Å². The molecule has 1 N–H and O–H groups in total. The Hall–Kier alpha value is -0.0800. The third-order valence-electron chi connectivity index (χ3n) is 3.56. The zero-order valence-electron chi connectivity index (χ0n) is 6.27. The summed E-state index contributed by atoms with van der Waals surface area (Å²) in [6.45, 7) is 3.80. The zero-order chi connectivity index (χ0) is 6.60. The Balaban J connectivity index is 1.90. The van der Waals surface area contributed by atoms with Gasteiger partial charge in [-0.15, -0.1) is 0 Å². The number of hydrogen-bond acceptors (Lipinski definition) is 2. The van der Waals surface area contributed by atoms with Crippen LogP contribution in [0, 0.1) is 5.92 Å². The van der Waals surface area contributed by atoms with E-state index in [9.17, 15) is 0 Å². The van der Waals surface area contributed by atoms with E-state index >= 15 is 0 Å². The fraction of sp³-hybridized carbons (Fsp3) is 1.00. The Kier molecular flexibility index (Phi) is 0.868. The van der Waals surface area contributed by atoms with E-state index in [2.05, 4.69) is 10.2 Å². The van der Waals surface area contributed by atoms with Crippen LogP contribution in [0.3, 0.4) is 0 Å². The Labute approximate surface area is 61.6 Å². The maximum atomic E-state index is 3.43. The Morgan fingerprint density at radius 1 is 1.40 bits per heavy atom. The highest BCUT2D eigenvalue weighted by atomic mass is 15.3. The minimum absolute atomic E-state index is 0.704. The monoisotopic (exact) mass is 138 g/mol. The van der Waals surface area contributed by atoms with Gasteiger partial charge in [-0.1, -0.05) is 0 Å². The predicted molar refractivity (Wildman–Crippen MR) is 39.6 cm³/mol. The van der Waals surface area contributed by atoms with Crippen molar-refractivity contribution in [2.24, 2.45) is 5.92 Å². The van der Waals surface area contributed by atoms with Gasteiger partial charge >= 0.3 is 0 Å². The van der Waals surface area contributed by atoms with Crippen LogP contribution in [0.5, 0.6) is 0 Å². The molecule has 2 heteroatoms. The highest BCUT2D eigenvalue weighted by molar-refractivity contribution is 5.11. The van der Waals surface area contributed by atoms with Gasteiger partial charge in [0.25, 0.3) is 0 Å². The van der Waals surface area contributed by atoms with Crippen LogP contribution in [-0.4, -0.2) is 30.2 Å². The minimum atomic E-state index is 0.704. The molecule has 3 aliphatic heterocycles. The summed E-state index contributed by atoms with van der Waals surface area (Å²) in [5.74, 6) is 1.07. The van der Waals surface area contributed by atoms with Gasteiger partial charge in [-0.25, -0.2) is 0 Å². The van der Waals surface area contributed by atoms with Gasteiger partial charge < -0.3 is 5.32 Å². The molecule has 2 bridgehead atoms. The van der Waals surface area contributed by atoms with Gasteiger partial charge in [0.2, 0.25) is 0 Å². The second kappa shape index (κ2) is 1.56. The Morgan fingerprint density at radius 3 is 3.10 bits per heavy atom. The normalized spacial score (nSPS) is 52.2. The maximum Gasteiger partial charge on any atom is 0.0485 e. The summed E-state index contributed by atoms with van der Waals surface area (Å²) >= 11 is 0. The van der Waals surface area contributed by atoms with E-state index in [0.717, 1.165) is 12.6 Å². The summed E-state index contributed by atoms with van der Waals surface area (Å²) in [5.41, 5.74) is 0.704. The fourth-order valence-corrected chi connectivity index (χ4v) is 3.04. The second-order valence-corrected chi connectivity index (χ2v) is 4.13. The van der Waals surface area contributed by atoms with Crippen LogP contribution >= 0.6 is 0 Å². The molecule has 1 saturated carbocycles. The van der Waals surface area contributed by atoms with Crippen LogP contribution in [0.2, 0.25) is 0 Å². The van der Waals surface area contributed by atoms with Crippen LogP contribution in [0.1, 0.15) is 19.3 Å². The molecule has 2 nitrogen and oxygen atoms in total. The van der Waals surface area contributed by atoms with Gasteiger partial charge in [0, 0.05) is 18.8 Å². The molecular formula is C8H14N2. The lowest BCUT2D eigenvalue weighted by atomic mass is 9.71. The number of nitrogens with zero attached hydrogens (tertiary/aromatic N) is 1. The third-order valence-corrected chi connectivity index (χ3v) is 3.56. The second-order valence-electron chi connectivity index (χ2n) is 4.13. The van der Waals surface area contributed by atoms with E-state index < -0.39 is 0 Å². The summed E-state index contributed by atoms with van der Waals surface area (Å²) in [4.78, 5) is 2.65. The van der Waals surface area contributed by atoms with E-state index in [-0.39, 0.29) is 0 Å². The molecule has 10 heavy (non-hydrogen) atoms. The van der Waals surface area contributed by atoms with Gasteiger partial charge in [-0.3, -0.25) is 4.90 Å². The van der Waals surface area contributed by atoms with Crippen molar-refractivity contribution in [2.45, 2.75) is 24.8 Å². The largest absolute Gasteiger partial charge is 0.304 e. The first kappa shape index (κ1) is 5.56. The molecular weight excluding hydrogens is 124 g/mol. The van der Waals surface area contributed by atoms with E-state index in [1.807, 2.05) is 0 Å². The highest BCUT2D eigenvalue weighted by Gasteiger charge is 2.55. The van der Waals surface area contributed by atoms with Gasteiger partial charge in [0.05, 0.1) is 0 Å². The van der Waals surface area contributed by atoms with Crippen molar-refractivity contribution < 1.29 is 0 Å². The average Bonchev–Trinajstić information content (AvgIpc) is 2.37. The van der Waals surface area contributed by atoms with E-state index in [1.54, 1.807) is 0 Å². The molecule has 0 atom stereocenters. The molecule has 3 saturated heterocycles. The summed E-state index contributed by atoms with van der Waals surface area (Å²) in [6, 6.07) is 0. The van der Waals surface area contributed by atoms with Gasteiger partial charge in [0.15, 0.2) is 0 Å². The lowest BCUT2D eigenvalue weighted by Gasteiger charge is -2.45. The van der Waals surface area contributed by atoms with Crippen LogP contribution < -0.4 is 5.32 Å². The van der Waals surface area contributed by atoms with E-state index in [4.69, 9.17) is 0 Å². The van der Waals surface area contributed by atoms with Crippen molar-refractivity contribution in [1.29, 1.82) is 0 Å². The molecule has 0 aromatic carbocycles. The standard InChI is InChI=1S/C8H14N2/c1-2-9-6-10-5-7-3-8(1,10)4-7/h7,9H,1-6H2. The van der Waals surface area contributed by atoms with Crippen LogP contribution in [0.4, 0.5) is 0 Å². The Morgan fingerprint density at radius 2 is 2.30 bits per heavy atom. The molecule has 4 rings (SSSR count). The molecule has 0 aromatic rings. The number of nitrogens with one attached hydrogen (secondary N) is 1. The van der Waals surface area contributed by atoms with Crippen molar-refractivity contribution in [1.82, 2.24) is 10.2 Å². The predicted octanol–water partition coefficient (Wildman–Crippen LogP) is 0.402. The van der Waals surface area contributed by atoms with Crippen LogP contribution in [-0.2, 0) is 0 Å². The minimum Gasteiger partial charge on any atom is -0.304 e. The summed E-state index contributed by atoms with van der Waals surface area (Å²) in [5, 5.41) is 3.43. The van der Waals surface area contributed by atoms with Crippen molar-refractivity contribution in [2.75, 3.05) is 19.8 Å². The summed E-state index contributed by atoms with van der Waals surface area (Å²) < 4.78 is 0. The molecule has 4 fully saturated rings. The highest BCUT2D eigenvalue weighted by Crippen LogP contribution is 2.52. The zero-order valence-corrected chi connectivity index (χ0v) is 6.27. The van der Waals surface area contributed by atoms with Crippen molar-refractivity contribution in [3.05, 3.63) is 0 Å². The molecule has 0 aromatic heterocycles. The average molecular weight is 138 g/mol. The molecule has 56 valence electrons. The molecule has 1 spiro atoms. The van der Waals surface area contributed by atoms with E-state index in [1.165, 1.54) is 32.4 Å². The molecule has 4 aliphatic rings. The number of rotatable bonds is 0. The lowest BCUT2D eigenvalue weighted by molar-refractivity contribution is 0.0625.